The molecule has 17 heteroatoms. The topological polar surface area (TPSA) is 134 Å². The summed E-state index contributed by atoms with van der Waals surface area (Å²) in [6, 6.07) is 4.80. The Hall–Kier alpha value is -5.48. The van der Waals surface area contributed by atoms with Gasteiger partial charge in [0.15, 0.2) is 13.2 Å². The lowest BCUT2D eigenvalue weighted by Crippen LogP contribution is -2.25. The van der Waals surface area contributed by atoms with Gasteiger partial charge in [-0.25, -0.2) is 46.7 Å². The number of benzene rings is 1. The molecular weight excluding hydrogens is 657 g/mol. The van der Waals surface area contributed by atoms with Crippen molar-refractivity contribution in [3.05, 3.63) is 83.2 Å². The van der Waals surface area contributed by atoms with Crippen LogP contribution in [0.1, 0.15) is 57.2 Å². The Morgan fingerprint density at radius 1 is 1.02 bits per heavy atom. The summed E-state index contributed by atoms with van der Waals surface area (Å²) in [4.78, 5) is 41.0. The summed E-state index contributed by atoms with van der Waals surface area (Å²) in [6.45, 7) is 5.00. The van der Waals surface area contributed by atoms with Crippen molar-refractivity contribution in [1.29, 1.82) is 0 Å². The van der Waals surface area contributed by atoms with Crippen molar-refractivity contribution < 1.29 is 45.8 Å². The van der Waals surface area contributed by atoms with Gasteiger partial charge in [-0.05, 0) is 24.6 Å². The number of ether oxygens (including phenoxy) is 3. The molecule has 1 aliphatic heterocycles. The molecule has 0 bridgehead atoms. The number of amides is 1. The second-order valence-corrected chi connectivity index (χ2v) is 11.1. The predicted octanol–water partition coefficient (Wildman–Crippen LogP) is 5.45. The summed E-state index contributed by atoms with van der Waals surface area (Å²) in [6.07, 6.45) is 5.34. The molecule has 0 saturated carbocycles. The van der Waals surface area contributed by atoms with Crippen molar-refractivity contribution in [1.82, 2.24) is 34.6 Å². The number of aromatic nitrogens is 6. The third-order valence-electron chi connectivity index (χ3n) is 6.82. The van der Waals surface area contributed by atoms with Crippen LogP contribution in [0.25, 0.3) is 17.2 Å². The van der Waals surface area contributed by atoms with Gasteiger partial charge in [0.05, 0.1) is 30.7 Å². The van der Waals surface area contributed by atoms with Crippen molar-refractivity contribution in [3.63, 3.8) is 0 Å². The van der Waals surface area contributed by atoms with E-state index in [1.165, 1.54) is 17.0 Å². The van der Waals surface area contributed by atoms with Crippen molar-refractivity contribution >= 4 is 18.0 Å². The van der Waals surface area contributed by atoms with Gasteiger partial charge in [-0.2, -0.15) is 5.10 Å². The van der Waals surface area contributed by atoms with E-state index in [2.05, 4.69) is 36.4 Å². The van der Waals surface area contributed by atoms with E-state index in [4.69, 9.17) is 9.47 Å². The summed E-state index contributed by atoms with van der Waals surface area (Å²) in [5.74, 6) is -8.28. The molecule has 0 unspecified atom stereocenters. The predicted molar refractivity (Wildman–Crippen MR) is 165 cm³/mol. The molecule has 0 aliphatic carbocycles. The van der Waals surface area contributed by atoms with Crippen molar-refractivity contribution in [2.45, 2.75) is 45.7 Å². The third-order valence-corrected chi connectivity index (χ3v) is 6.82. The van der Waals surface area contributed by atoms with E-state index < -0.39 is 42.8 Å². The lowest BCUT2D eigenvalue weighted by atomic mass is 10.0. The molecule has 5 rings (SSSR count). The van der Waals surface area contributed by atoms with Crippen molar-refractivity contribution in [3.8, 4) is 22.9 Å². The van der Waals surface area contributed by atoms with Crippen LogP contribution in [0.4, 0.5) is 22.0 Å². The molecule has 0 saturated heterocycles. The zero-order valence-electron chi connectivity index (χ0n) is 27.1. The van der Waals surface area contributed by atoms with Crippen LogP contribution in [-0.2, 0) is 24.9 Å². The van der Waals surface area contributed by atoms with Gasteiger partial charge in [-0.15, -0.1) is 0 Å². The molecule has 1 aliphatic rings. The molecule has 0 fully saturated rings. The zero-order valence-corrected chi connectivity index (χ0v) is 27.1. The molecule has 3 aromatic heterocycles. The number of halogens is 5. The number of carbonyl (C=O) groups is 2. The molecule has 4 aromatic rings. The lowest BCUT2D eigenvalue weighted by Gasteiger charge is -2.16. The molecule has 4 heterocycles. The Morgan fingerprint density at radius 3 is 2.22 bits per heavy atom. The fourth-order valence-electron chi connectivity index (χ4n) is 4.65. The third kappa shape index (κ3) is 9.11. The van der Waals surface area contributed by atoms with Crippen LogP contribution in [0.5, 0.6) is 11.8 Å². The molecule has 12 nitrogen and oxygen atoms in total. The maximum absolute atomic E-state index is 14.8. The molecule has 0 radical (unpaired) electrons. The summed E-state index contributed by atoms with van der Waals surface area (Å²) in [5, 5.41) is 4.26. The van der Waals surface area contributed by atoms with E-state index in [-0.39, 0.29) is 41.7 Å². The van der Waals surface area contributed by atoms with E-state index in [0.717, 1.165) is 31.0 Å². The quantitative estimate of drug-likeness (QED) is 0.148. The number of fused-ring (bicyclic) bond motifs is 1. The highest BCUT2D eigenvalue weighted by atomic mass is 19.3. The van der Waals surface area contributed by atoms with E-state index >= 15 is 0 Å². The highest BCUT2D eigenvalue weighted by Crippen LogP contribution is 2.31. The maximum Gasteiger partial charge on any atom is 0.345 e. The highest BCUT2D eigenvalue weighted by molar-refractivity contribution is 5.99. The number of rotatable bonds is 11. The van der Waals surface area contributed by atoms with E-state index in [9.17, 15) is 31.5 Å². The monoisotopic (exact) mass is 689 g/mol. The molecule has 0 atom stereocenters. The van der Waals surface area contributed by atoms with Gasteiger partial charge < -0.3 is 19.1 Å². The number of nitrogens with zero attached hydrogens (tertiary/aromatic N) is 7. The number of esters is 1. The van der Waals surface area contributed by atoms with Gasteiger partial charge in [-0.1, -0.05) is 18.7 Å². The molecule has 0 spiro atoms. The van der Waals surface area contributed by atoms with Crippen LogP contribution in [0.3, 0.4) is 0 Å². The minimum absolute atomic E-state index is 0.00327. The maximum atomic E-state index is 14.8. The number of carbonyl (C=O) groups excluding carboxylic acids is 2. The van der Waals surface area contributed by atoms with Gasteiger partial charge >= 0.3 is 5.97 Å². The van der Waals surface area contributed by atoms with E-state index in [0.29, 0.717) is 30.7 Å². The van der Waals surface area contributed by atoms with Crippen molar-refractivity contribution in [2.24, 2.45) is 7.05 Å². The number of hydrogen-bond acceptors (Lipinski definition) is 10. The highest BCUT2D eigenvalue weighted by Gasteiger charge is 2.34. The molecule has 49 heavy (non-hydrogen) atoms. The Balaban J connectivity index is 0.000000257. The second kappa shape index (κ2) is 14.7. The summed E-state index contributed by atoms with van der Waals surface area (Å²) in [5.41, 5.74) is 3.04. The fraction of sp³-hybridized carbons (Fsp3) is 0.344. The molecular formula is C32H32F5N7O5. The normalized spacial score (nSPS) is 12.6. The van der Waals surface area contributed by atoms with E-state index in [1.54, 1.807) is 23.9 Å². The molecule has 260 valence electrons. The average molecular weight is 690 g/mol. The Labute approximate surface area is 277 Å². The van der Waals surface area contributed by atoms with Crippen LogP contribution in [0, 0.1) is 12.7 Å². The van der Waals surface area contributed by atoms with Crippen LogP contribution < -0.4 is 9.47 Å². The second-order valence-electron chi connectivity index (χ2n) is 11.1. The molecule has 0 N–H and O–H groups in total. The average Bonchev–Trinajstić information content (AvgIpc) is 3.55. The lowest BCUT2D eigenvalue weighted by molar-refractivity contribution is -0.0250. The van der Waals surface area contributed by atoms with Crippen LogP contribution in [0.2, 0.25) is 0 Å². The number of alkyl halides is 4. The Bertz CT molecular complexity index is 1860. The van der Waals surface area contributed by atoms with Gasteiger partial charge in [0, 0.05) is 44.8 Å². The van der Waals surface area contributed by atoms with Crippen LogP contribution in [0.15, 0.2) is 43.6 Å². The number of aryl methyl sites for hydroxylation is 2. The largest absolute Gasteiger partial charge is 0.471 e. The van der Waals surface area contributed by atoms with Gasteiger partial charge in [0.25, 0.3) is 17.8 Å². The number of hydrogen-bond donors (Lipinski definition) is 0. The summed E-state index contributed by atoms with van der Waals surface area (Å²) < 4.78 is 82.5. The minimum Gasteiger partial charge on any atom is -0.471 e. The standard InChI is InChI=1S/C21H20F3N5O2.C11H12F2N2O3/c1-12-15(8-28(3)27-12)13-4-5-14(16(22)6-13)7-29-9-17-18(20(29)30)19(26-11-25-17)31-10-21(2,23)24;1-4-7-8(10(16)17-3)9(15-6-14-7)18-5-11(2,12)13/h4-6,8,11H,7,9-10H2,1-3H3;4,6H,1,5H2,2-3H3. The van der Waals surface area contributed by atoms with Gasteiger partial charge in [-0.3, -0.25) is 9.48 Å². The first kappa shape index (κ1) is 36.4. The van der Waals surface area contributed by atoms with Crippen LogP contribution >= 0.6 is 0 Å². The Morgan fingerprint density at radius 2 is 1.65 bits per heavy atom. The summed E-state index contributed by atoms with van der Waals surface area (Å²) >= 11 is 0. The first-order chi connectivity index (χ1) is 23.0. The first-order valence-electron chi connectivity index (χ1n) is 14.5. The zero-order chi connectivity index (χ0) is 36.1. The summed E-state index contributed by atoms with van der Waals surface area (Å²) in [7, 11) is 2.95. The fourth-order valence-corrected chi connectivity index (χ4v) is 4.65. The van der Waals surface area contributed by atoms with Crippen LogP contribution in [-0.4, -0.2) is 78.7 Å². The first-order valence-corrected chi connectivity index (χ1v) is 14.5. The Kier molecular flexibility index (Phi) is 10.9. The minimum atomic E-state index is -3.07. The SMILES string of the molecule is C=Cc1ncnc(OCC(C)(F)F)c1C(=O)OC.Cc1nn(C)cc1-c1ccc(CN2Cc3ncnc(OCC(C)(F)F)c3C2=O)c(F)c1. The smallest absolute Gasteiger partial charge is 0.345 e. The number of methoxy groups -OCH3 is 1. The van der Waals surface area contributed by atoms with Crippen molar-refractivity contribution in [2.75, 3.05) is 20.3 Å². The molecule has 1 aromatic carbocycles. The van der Waals surface area contributed by atoms with Gasteiger partial charge in [0.1, 0.15) is 29.6 Å². The van der Waals surface area contributed by atoms with Gasteiger partial charge in [0.2, 0.25) is 11.8 Å². The molecule has 1 amide bonds. The van der Waals surface area contributed by atoms with E-state index in [1.807, 2.05) is 13.1 Å².